The number of benzene rings is 1. The number of carbonyl (C=O) groups is 3. The highest BCUT2D eigenvalue weighted by Gasteiger charge is 2.52. The van der Waals surface area contributed by atoms with Crippen LogP contribution in [0.4, 0.5) is 0 Å². The Hall–Kier alpha value is -2.74. The van der Waals surface area contributed by atoms with Crippen LogP contribution in [0.1, 0.15) is 25.7 Å². The largest absolute Gasteiger partial charge is 0.468 e. The van der Waals surface area contributed by atoms with Crippen molar-refractivity contribution in [2.45, 2.75) is 30.6 Å². The zero-order chi connectivity index (χ0) is 20.5. The van der Waals surface area contributed by atoms with Crippen molar-refractivity contribution in [1.29, 1.82) is 0 Å². The second-order valence-corrected chi connectivity index (χ2v) is 8.74. The molecule has 0 unspecified atom stereocenters. The number of ketones is 1. The maximum Gasteiger partial charge on any atom is 0.323 e. The molecule has 0 fully saturated rings. The Balaban J connectivity index is 2.16. The second-order valence-electron chi connectivity index (χ2n) is 6.77. The molecule has 0 N–H and O–H groups in total. The second kappa shape index (κ2) is 7.35. The van der Waals surface area contributed by atoms with Crippen LogP contribution in [0.5, 0.6) is 0 Å². The minimum Gasteiger partial charge on any atom is -0.468 e. The monoisotopic (exact) mass is 404 g/mol. The molecular formula is C20H20O7S. The molecule has 0 heterocycles. The first-order valence-corrected chi connectivity index (χ1v) is 10.2. The summed E-state index contributed by atoms with van der Waals surface area (Å²) in [6.45, 7) is 0. The summed E-state index contributed by atoms with van der Waals surface area (Å²) in [5, 5.41) is 0. The molecule has 28 heavy (non-hydrogen) atoms. The maximum atomic E-state index is 13.3. The lowest BCUT2D eigenvalue weighted by Crippen LogP contribution is -2.41. The molecule has 2 aliphatic carbocycles. The summed E-state index contributed by atoms with van der Waals surface area (Å²) in [5.74, 6) is -1.88. The highest BCUT2D eigenvalue weighted by molar-refractivity contribution is 7.95. The lowest BCUT2D eigenvalue weighted by molar-refractivity contribution is -0.169. The average Bonchev–Trinajstić information content (AvgIpc) is 2.97. The number of hydrogen-bond donors (Lipinski definition) is 0. The van der Waals surface area contributed by atoms with Gasteiger partial charge < -0.3 is 9.47 Å². The molecule has 7 nitrogen and oxygen atoms in total. The Morgan fingerprint density at radius 3 is 2.21 bits per heavy atom. The van der Waals surface area contributed by atoms with E-state index in [4.69, 9.17) is 9.47 Å². The normalized spacial score (nSPS) is 18.8. The number of ether oxygens (including phenoxy) is 2. The van der Waals surface area contributed by atoms with E-state index in [1.54, 1.807) is 18.2 Å². The summed E-state index contributed by atoms with van der Waals surface area (Å²) in [5.41, 5.74) is -0.963. The van der Waals surface area contributed by atoms with Crippen molar-refractivity contribution in [3.05, 3.63) is 52.5 Å². The van der Waals surface area contributed by atoms with Crippen LogP contribution in [-0.4, -0.2) is 40.4 Å². The topological polar surface area (TPSA) is 104 Å². The Morgan fingerprint density at radius 1 is 1.04 bits per heavy atom. The summed E-state index contributed by atoms with van der Waals surface area (Å²) < 4.78 is 36.2. The van der Waals surface area contributed by atoms with Crippen molar-refractivity contribution >= 4 is 27.6 Å². The van der Waals surface area contributed by atoms with Crippen LogP contribution in [0.25, 0.3) is 0 Å². The first-order valence-electron chi connectivity index (χ1n) is 8.69. The number of sulfone groups is 1. The molecule has 3 rings (SSSR count). The standard InChI is InChI=1S/C20H20O7S/c1-26-18(22)20(19(23)27-2)9-8-17(16-11-14(21)10-13(16)12-20)28(24,25)15-6-4-3-5-7-15/h3-7,10H,8-9,11-12H2,1-2H3. The van der Waals surface area contributed by atoms with Gasteiger partial charge in [0, 0.05) is 6.42 Å². The Labute approximate surface area is 162 Å². The number of esters is 2. The molecule has 0 saturated heterocycles. The molecule has 2 aliphatic rings. The van der Waals surface area contributed by atoms with Gasteiger partial charge in [0.05, 0.1) is 24.0 Å². The van der Waals surface area contributed by atoms with Crippen LogP contribution in [0.2, 0.25) is 0 Å². The molecule has 0 spiro atoms. The van der Waals surface area contributed by atoms with Crippen LogP contribution in [0.3, 0.4) is 0 Å². The molecule has 0 atom stereocenters. The van der Waals surface area contributed by atoms with Gasteiger partial charge >= 0.3 is 11.9 Å². The van der Waals surface area contributed by atoms with Crippen LogP contribution in [0, 0.1) is 5.41 Å². The van der Waals surface area contributed by atoms with E-state index >= 15 is 0 Å². The van der Waals surface area contributed by atoms with Crippen molar-refractivity contribution in [3.8, 4) is 0 Å². The van der Waals surface area contributed by atoms with Gasteiger partial charge in [0.2, 0.25) is 9.84 Å². The third-order valence-corrected chi connectivity index (χ3v) is 7.20. The van der Waals surface area contributed by atoms with Crippen LogP contribution < -0.4 is 0 Å². The van der Waals surface area contributed by atoms with Gasteiger partial charge in [-0.1, -0.05) is 18.2 Å². The van der Waals surface area contributed by atoms with E-state index < -0.39 is 27.2 Å². The predicted molar refractivity (Wildman–Crippen MR) is 98.7 cm³/mol. The number of allylic oxidation sites excluding steroid dienone is 4. The molecule has 0 aliphatic heterocycles. The number of fused-ring (bicyclic) bond motifs is 1. The fraction of sp³-hybridized carbons (Fsp3) is 0.350. The summed E-state index contributed by atoms with van der Waals surface area (Å²) in [4.78, 5) is 37.3. The third-order valence-electron chi connectivity index (χ3n) is 5.21. The van der Waals surface area contributed by atoms with Gasteiger partial charge in [0.15, 0.2) is 11.2 Å². The maximum absolute atomic E-state index is 13.3. The Bertz CT molecular complexity index is 984. The smallest absolute Gasteiger partial charge is 0.323 e. The van der Waals surface area contributed by atoms with Gasteiger partial charge in [0.1, 0.15) is 0 Å². The lowest BCUT2D eigenvalue weighted by Gasteiger charge is -2.27. The molecule has 0 saturated carbocycles. The molecule has 148 valence electrons. The van der Waals surface area contributed by atoms with Gasteiger partial charge in [-0.15, -0.1) is 0 Å². The van der Waals surface area contributed by atoms with Crippen molar-refractivity contribution in [3.63, 3.8) is 0 Å². The summed E-state index contributed by atoms with van der Waals surface area (Å²) in [7, 11) is -1.59. The van der Waals surface area contributed by atoms with Gasteiger partial charge in [-0.2, -0.15) is 0 Å². The predicted octanol–water partition coefficient (Wildman–Crippen LogP) is 2.13. The Kier molecular flexibility index (Phi) is 5.25. The van der Waals surface area contributed by atoms with E-state index in [0.29, 0.717) is 11.1 Å². The molecule has 1 aromatic carbocycles. The summed E-state index contributed by atoms with van der Waals surface area (Å²) >= 11 is 0. The highest BCUT2D eigenvalue weighted by Crippen LogP contribution is 2.47. The SMILES string of the molecule is COC(=O)C1(C(=O)OC)CCC(S(=O)(=O)c2ccccc2)=C2CC(=O)C=C2C1. The molecule has 8 heteroatoms. The first-order chi connectivity index (χ1) is 13.3. The molecule has 0 aromatic heterocycles. The number of rotatable bonds is 4. The summed E-state index contributed by atoms with van der Waals surface area (Å²) in [6, 6.07) is 7.87. The zero-order valence-corrected chi connectivity index (χ0v) is 16.4. The minimum absolute atomic E-state index is 0.0606. The highest BCUT2D eigenvalue weighted by atomic mass is 32.2. The van der Waals surface area contributed by atoms with E-state index in [-0.39, 0.29) is 41.3 Å². The van der Waals surface area contributed by atoms with Crippen molar-refractivity contribution in [2.75, 3.05) is 14.2 Å². The van der Waals surface area contributed by atoms with Gasteiger partial charge in [0.25, 0.3) is 0 Å². The van der Waals surface area contributed by atoms with Gasteiger partial charge in [-0.25, -0.2) is 8.42 Å². The number of hydrogen-bond acceptors (Lipinski definition) is 7. The van der Waals surface area contributed by atoms with E-state index in [2.05, 4.69) is 0 Å². The zero-order valence-electron chi connectivity index (χ0n) is 15.6. The fourth-order valence-corrected chi connectivity index (χ4v) is 5.51. The van der Waals surface area contributed by atoms with Crippen LogP contribution in [0.15, 0.2) is 57.4 Å². The van der Waals surface area contributed by atoms with Gasteiger partial charge in [-0.05, 0) is 48.6 Å². The molecule has 1 aromatic rings. The van der Waals surface area contributed by atoms with Crippen LogP contribution in [-0.2, 0) is 33.7 Å². The molecule has 0 bridgehead atoms. The van der Waals surface area contributed by atoms with E-state index in [0.717, 1.165) is 14.2 Å². The quantitative estimate of drug-likeness (QED) is 0.559. The fourth-order valence-electron chi connectivity index (χ4n) is 3.81. The average molecular weight is 404 g/mol. The number of carbonyl (C=O) groups excluding carboxylic acids is 3. The summed E-state index contributed by atoms with van der Waals surface area (Å²) in [6.07, 6.45) is 0.919. The van der Waals surface area contributed by atoms with E-state index in [9.17, 15) is 22.8 Å². The van der Waals surface area contributed by atoms with E-state index in [1.165, 1.54) is 18.2 Å². The van der Waals surface area contributed by atoms with Crippen molar-refractivity contribution in [1.82, 2.24) is 0 Å². The van der Waals surface area contributed by atoms with Crippen molar-refractivity contribution in [2.24, 2.45) is 5.41 Å². The molecular weight excluding hydrogens is 384 g/mol. The molecule has 0 radical (unpaired) electrons. The first kappa shape index (κ1) is 20.0. The van der Waals surface area contributed by atoms with E-state index in [1.807, 2.05) is 0 Å². The third kappa shape index (κ3) is 3.17. The van der Waals surface area contributed by atoms with Crippen LogP contribution >= 0.6 is 0 Å². The number of methoxy groups -OCH3 is 2. The molecule has 0 amide bonds. The lowest BCUT2D eigenvalue weighted by atomic mass is 9.78. The Morgan fingerprint density at radius 2 is 1.64 bits per heavy atom. The van der Waals surface area contributed by atoms with Crippen molar-refractivity contribution < 1.29 is 32.3 Å². The van der Waals surface area contributed by atoms with Gasteiger partial charge in [-0.3, -0.25) is 14.4 Å². The minimum atomic E-state index is -3.90.